The lowest BCUT2D eigenvalue weighted by atomic mass is 10.3. The molecule has 2 aromatic rings. The lowest BCUT2D eigenvalue weighted by molar-refractivity contribution is 0.628. The van der Waals surface area contributed by atoms with Crippen LogP contribution in [-0.4, -0.2) is 9.55 Å². The van der Waals surface area contributed by atoms with Gasteiger partial charge < -0.3 is 9.88 Å². The number of nitrogens with one attached hydrogen (secondary N) is 1. The van der Waals surface area contributed by atoms with Crippen molar-refractivity contribution < 1.29 is 4.39 Å². The molecule has 0 unspecified atom stereocenters. The molecule has 3 nitrogen and oxygen atoms in total. The van der Waals surface area contributed by atoms with Crippen LogP contribution < -0.4 is 5.32 Å². The molecule has 1 saturated carbocycles. The minimum atomic E-state index is -0.398. The van der Waals surface area contributed by atoms with Crippen LogP contribution in [-0.2, 0) is 6.54 Å². The normalized spacial score (nSPS) is 14.8. The predicted molar refractivity (Wildman–Crippen MR) is 69.2 cm³/mol. The maximum atomic E-state index is 13.0. The molecule has 1 fully saturated rings. The van der Waals surface area contributed by atoms with Crippen molar-refractivity contribution in [1.82, 2.24) is 9.55 Å². The number of hydrogen-bond donors (Lipinski definition) is 1. The minimum Gasteiger partial charge on any atom is -0.379 e. The van der Waals surface area contributed by atoms with E-state index in [1.54, 1.807) is 12.1 Å². The van der Waals surface area contributed by atoms with Gasteiger partial charge in [0.2, 0.25) is 0 Å². The number of nitrogens with zero attached hydrogens (tertiary/aromatic N) is 2. The number of hydrogen-bond acceptors (Lipinski definition) is 2. The third kappa shape index (κ3) is 2.34. The second-order valence-corrected chi connectivity index (χ2v) is 4.91. The van der Waals surface area contributed by atoms with E-state index in [1.165, 1.54) is 18.9 Å². The van der Waals surface area contributed by atoms with Crippen LogP contribution in [0, 0.1) is 5.82 Å². The van der Waals surface area contributed by atoms with Gasteiger partial charge in [0.25, 0.3) is 0 Å². The van der Waals surface area contributed by atoms with Gasteiger partial charge in [-0.15, -0.1) is 0 Å². The van der Waals surface area contributed by atoms with Crippen LogP contribution in [0.25, 0.3) is 0 Å². The molecule has 0 bridgehead atoms. The standard InChI is InChI=1S/C13H13ClFN3/c14-12-5-9(1-4-13(12)15)17-7-11-6-16-8-18(11)10-2-3-10/h1,4-6,8,10,17H,2-3,7H2. The van der Waals surface area contributed by atoms with Crippen molar-refractivity contribution in [2.75, 3.05) is 5.32 Å². The van der Waals surface area contributed by atoms with E-state index < -0.39 is 5.82 Å². The molecule has 1 heterocycles. The maximum Gasteiger partial charge on any atom is 0.141 e. The fourth-order valence-electron chi connectivity index (χ4n) is 1.95. The lowest BCUT2D eigenvalue weighted by Crippen LogP contribution is -2.05. The largest absolute Gasteiger partial charge is 0.379 e. The Kier molecular flexibility index (Phi) is 2.96. The summed E-state index contributed by atoms with van der Waals surface area (Å²) >= 11 is 5.73. The van der Waals surface area contributed by atoms with Crippen molar-refractivity contribution in [3.05, 3.63) is 47.3 Å². The smallest absolute Gasteiger partial charge is 0.141 e. The fourth-order valence-corrected chi connectivity index (χ4v) is 2.13. The second kappa shape index (κ2) is 4.61. The number of imidazole rings is 1. The molecule has 1 N–H and O–H groups in total. The van der Waals surface area contributed by atoms with Gasteiger partial charge in [-0.3, -0.25) is 0 Å². The van der Waals surface area contributed by atoms with Crippen LogP contribution in [0.1, 0.15) is 24.6 Å². The van der Waals surface area contributed by atoms with Gasteiger partial charge in [-0.05, 0) is 31.0 Å². The molecule has 0 radical (unpaired) electrons. The quantitative estimate of drug-likeness (QED) is 0.915. The first kappa shape index (κ1) is 11.5. The molecule has 1 aliphatic rings. The molecule has 5 heteroatoms. The van der Waals surface area contributed by atoms with Crippen LogP contribution in [0.4, 0.5) is 10.1 Å². The highest BCUT2D eigenvalue weighted by atomic mass is 35.5. The van der Waals surface area contributed by atoms with Crippen LogP contribution in [0.15, 0.2) is 30.7 Å². The van der Waals surface area contributed by atoms with Crippen molar-refractivity contribution in [2.24, 2.45) is 0 Å². The summed E-state index contributed by atoms with van der Waals surface area (Å²) in [4.78, 5) is 4.16. The highest BCUT2D eigenvalue weighted by Crippen LogP contribution is 2.35. The van der Waals surface area contributed by atoms with Gasteiger partial charge in [0.05, 0.1) is 23.6 Å². The molecule has 94 valence electrons. The van der Waals surface area contributed by atoms with Gasteiger partial charge in [-0.1, -0.05) is 11.6 Å². The lowest BCUT2D eigenvalue weighted by Gasteiger charge is -2.09. The molecule has 0 spiro atoms. The van der Waals surface area contributed by atoms with E-state index in [0.29, 0.717) is 12.6 Å². The van der Waals surface area contributed by atoms with Crippen molar-refractivity contribution in [3.8, 4) is 0 Å². The third-order valence-electron chi connectivity index (χ3n) is 3.08. The van der Waals surface area contributed by atoms with Crippen molar-refractivity contribution >= 4 is 17.3 Å². The van der Waals surface area contributed by atoms with E-state index in [2.05, 4.69) is 14.9 Å². The molecule has 18 heavy (non-hydrogen) atoms. The zero-order valence-corrected chi connectivity index (χ0v) is 10.5. The number of benzene rings is 1. The first-order valence-electron chi connectivity index (χ1n) is 5.93. The zero-order valence-electron chi connectivity index (χ0n) is 9.74. The Hall–Kier alpha value is -1.55. The van der Waals surface area contributed by atoms with E-state index in [9.17, 15) is 4.39 Å². The Bertz CT molecular complexity index is 563. The SMILES string of the molecule is Fc1ccc(NCc2cncn2C2CC2)cc1Cl. The van der Waals surface area contributed by atoms with Gasteiger partial charge in [0.15, 0.2) is 0 Å². The topological polar surface area (TPSA) is 29.9 Å². The average molecular weight is 266 g/mol. The molecule has 0 saturated heterocycles. The number of anilines is 1. The van der Waals surface area contributed by atoms with Crippen molar-refractivity contribution in [1.29, 1.82) is 0 Å². The van der Waals surface area contributed by atoms with E-state index in [-0.39, 0.29) is 5.02 Å². The van der Waals surface area contributed by atoms with E-state index in [4.69, 9.17) is 11.6 Å². The highest BCUT2D eigenvalue weighted by Gasteiger charge is 2.24. The summed E-state index contributed by atoms with van der Waals surface area (Å²) in [6.07, 6.45) is 6.18. The van der Waals surface area contributed by atoms with E-state index in [0.717, 1.165) is 11.4 Å². The summed E-state index contributed by atoms with van der Waals surface area (Å²) in [7, 11) is 0. The van der Waals surface area contributed by atoms with Crippen LogP contribution in [0.3, 0.4) is 0 Å². The number of rotatable bonds is 4. The highest BCUT2D eigenvalue weighted by molar-refractivity contribution is 6.31. The first-order chi connectivity index (χ1) is 8.74. The van der Waals surface area contributed by atoms with Crippen molar-refractivity contribution in [2.45, 2.75) is 25.4 Å². The van der Waals surface area contributed by atoms with Crippen LogP contribution in [0.5, 0.6) is 0 Å². The summed E-state index contributed by atoms with van der Waals surface area (Å²) in [5.74, 6) is -0.398. The molecule has 0 amide bonds. The minimum absolute atomic E-state index is 0.135. The van der Waals surface area contributed by atoms with Crippen LogP contribution >= 0.6 is 11.6 Å². The molecule has 1 aliphatic carbocycles. The van der Waals surface area contributed by atoms with Gasteiger partial charge in [0.1, 0.15) is 5.82 Å². The second-order valence-electron chi connectivity index (χ2n) is 4.51. The maximum absolute atomic E-state index is 13.0. The van der Waals surface area contributed by atoms with Crippen LogP contribution in [0.2, 0.25) is 5.02 Å². The monoisotopic (exact) mass is 265 g/mol. The molecular weight excluding hydrogens is 253 g/mol. The molecule has 0 atom stereocenters. The fraction of sp³-hybridized carbons (Fsp3) is 0.308. The molecule has 1 aromatic carbocycles. The summed E-state index contributed by atoms with van der Waals surface area (Å²) in [6.45, 7) is 0.665. The Morgan fingerprint density at radius 1 is 1.44 bits per heavy atom. The summed E-state index contributed by atoms with van der Waals surface area (Å²) in [5, 5.41) is 3.36. The molecule has 0 aliphatic heterocycles. The Balaban J connectivity index is 1.69. The Labute approximate surface area is 110 Å². The number of halogens is 2. The van der Waals surface area contributed by atoms with Gasteiger partial charge in [-0.25, -0.2) is 9.37 Å². The van der Waals surface area contributed by atoms with Gasteiger partial charge >= 0.3 is 0 Å². The number of aromatic nitrogens is 2. The summed E-state index contributed by atoms with van der Waals surface area (Å²) < 4.78 is 15.2. The predicted octanol–water partition coefficient (Wildman–Crippen LogP) is 3.62. The zero-order chi connectivity index (χ0) is 12.5. The molecule has 1 aromatic heterocycles. The van der Waals surface area contributed by atoms with E-state index in [1.807, 2.05) is 12.5 Å². The van der Waals surface area contributed by atoms with Crippen molar-refractivity contribution in [3.63, 3.8) is 0 Å². The average Bonchev–Trinajstić information content (AvgIpc) is 3.10. The summed E-state index contributed by atoms with van der Waals surface area (Å²) in [6, 6.07) is 5.25. The van der Waals surface area contributed by atoms with E-state index >= 15 is 0 Å². The Morgan fingerprint density at radius 3 is 3.00 bits per heavy atom. The first-order valence-corrected chi connectivity index (χ1v) is 6.31. The Morgan fingerprint density at radius 2 is 2.28 bits per heavy atom. The van der Waals surface area contributed by atoms with Gasteiger partial charge in [0, 0.05) is 17.9 Å². The molecule has 3 rings (SSSR count). The summed E-state index contributed by atoms with van der Waals surface area (Å²) in [5.41, 5.74) is 1.95. The third-order valence-corrected chi connectivity index (χ3v) is 3.37. The van der Waals surface area contributed by atoms with Gasteiger partial charge in [-0.2, -0.15) is 0 Å². The molecular formula is C13H13ClFN3.